The highest BCUT2D eigenvalue weighted by Crippen LogP contribution is 2.26. The second-order valence-electron chi connectivity index (χ2n) is 7.46. The summed E-state index contributed by atoms with van der Waals surface area (Å²) in [6, 6.07) is 14.7. The second kappa shape index (κ2) is 9.54. The molecular weight excluding hydrogens is 435 g/mol. The van der Waals surface area contributed by atoms with Gasteiger partial charge in [-0.1, -0.05) is 12.1 Å². The van der Waals surface area contributed by atoms with Crippen LogP contribution in [-0.2, 0) is 28.0 Å². The molecule has 0 spiro atoms. The lowest BCUT2D eigenvalue weighted by atomic mass is 10.2. The second-order valence-corrected chi connectivity index (χ2v) is 9.35. The molecule has 9 heteroatoms. The number of carbonyl (C=O) groups is 1. The number of ether oxygens (including phenoxy) is 1. The van der Waals surface area contributed by atoms with Gasteiger partial charge in [-0.05, 0) is 66.9 Å². The fourth-order valence-electron chi connectivity index (χ4n) is 3.63. The average Bonchev–Trinajstić information content (AvgIpc) is 3.49. The minimum atomic E-state index is -3.89. The first-order valence-electron chi connectivity index (χ1n) is 10.2. The number of hydrogen-bond donors (Lipinski definition) is 1. The number of rotatable bonds is 8. The highest BCUT2D eigenvalue weighted by Gasteiger charge is 2.39. The van der Waals surface area contributed by atoms with Gasteiger partial charge in [0.15, 0.2) is 0 Å². The van der Waals surface area contributed by atoms with Crippen LogP contribution in [-0.4, -0.2) is 31.2 Å². The molecule has 4 rings (SSSR count). The zero-order valence-corrected chi connectivity index (χ0v) is 18.1. The molecule has 1 N–H and O–H groups in total. The summed E-state index contributed by atoms with van der Waals surface area (Å²) in [5.74, 6) is 0.451. The van der Waals surface area contributed by atoms with Crippen LogP contribution < -0.4 is 10.1 Å². The molecule has 0 bridgehead atoms. The molecule has 1 fully saturated rings. The third kappa shape index (κ3) is 5.00. The Balaban J connectivity index is 1.38. The molecule has 0 radical (unpaired) electrons. The third-order valence-corrected chi connectivity index (χ3v) is 7.18. The minimum absolute atomic E-state index is 0.0278. The first-order valence-corrected chi connectivity index (χ1v) is 11.7. The van der Waals surface area contributed by atoms with Crippen LogP contribution >= 0.6 is 0 Å². The molecule has 0 unspecified atom stereocenters. The van der Waals surface area contributed by atoms with Crippen molar-refractivity contribution in [3.8, 4) is 5.75 Å². The average molecular weight is 459 g/mol. The van der Waals surface area contributed by atoms with Gasteiger partial charge in [0.05, 0.1) is 11.2 Å². The Bertz CT molecular complexity index is 1160. The van der Waals surface area contributed by atoms with E-state index in [1.165, 1.54) is 16.4 Å². The van der Waals surface area contributed by atoms with Gasteiger partial charge in [-0.15, -0.1) is 0 Å². The van der Waals surface area contributed by atoms with Crippen LogP contribution in [0.3, 0.4) is 0 Å². The first kappa shape index (κ1) is 22.0. The highest BCUT2D eigenvalue weighted by molar-refractivity contribution is 7.89. The third-order valence-electron chi connectivity index (χ3n) is 5.25. The number of nitrogens with one attached hydrogen (secondary N) is 1. The maximum Gasteiger partial charge on any atom is 0.243 e. The van der Waals surface area contributed by atoms with Crippen molar-refractivity contribution in [2.24, 2.45) is 0 Å². The van der Waals surface area contributed by atoms with Crippen LogP contribution in [0.2, 0.25) is 0 Å². The topological polar surface area (TPSA) is 88.8 Å². The van der Waals surface area contributed by atoms with Crippen molar-refractivity contribution < 1.29 is 26.8 Å². The predicted octanol–water partition coefficient (Wildman–Crippen LogP) is 3.47. The largest absolute Gasteiger partial charge is 0.486 e. The molecule has 0 saturated carbocycles. The van der Waals surface area contributed by atoms with Crippen molar-refractivity contribution in [1.29, 1.82) is 0 Å². The molecule has 3 aromatic rings. The van der Waals surface area contributed by atoms with Crippen LogP contribution in [0.25, 0.3) is 0 Å². The summed E-state index contributed by atoms with van der Waals surface area (Å²) in [5.41, 5.74) is 0.821. The van der Waals surface area contributed by atoms with Gasteiger partial charge in [0.2, 0.25) is 15.9 Å². The van der Waals surface area contributed by atoms with Crippen molar-refractivity contribution in [3.05, 3.63) is 84.1 Å². The Labute approximate surface area is 185 Å². The lowest BCUT2D eigenvalue weighted by Gasteiger charge is -2.23. The highest BCUT2D eigenvalue weighted by atomic mass is 32.2. The molecule has 1 amide bonds. The summed E-state index contributed by atoms with van der Waals surface area (Å²) in [6.45, 7) is 0.771. The van der Waals surface area contributed by atoms with E-state index in [9.17, 15) is 17.6 Å². The van der Waals surface area contributed by atoms with Crippen molar-refractivity contribution in [2.45, 2.75) is 36.9 Å². The van der Waals surface area contributed by atoms with Crippen molar-refractivity contribution in [2.75, 3.05) is 6.54 Å². The maximum atomic E-state index is 13.2. The Morgan fingerprint density at radius 1 is 1.16 bits per heavy atom. The summed E-state index contributed by atoms with van der Waals surface area (Å²) in [7, 11) is -3.89. The molecule has 0 aliphatic carbocycles. The van der Waals surface area contributed by atoms with Gasteiger partial charge < -0.3 is 14.5 Å². The standard InChI is InChI=1S/C23H23FN2O5S/c24-18-8-10-21(11-9-18)32(28,29)26-12-2-7-22(26)23(27)25-15-17-4-1-5-19(14-17)31-16-20-6-3-13-30-20/h1,3-6,8-11,13-14,22H,2,7,12,15-16H2,(H,25,27)/t22-/m0/s1. The Kier molecular flexibility index (Phi) is 6.57. The van der Waals surface area contributed by atoms with E-state index in [1.54, 1.807) is 12.3 Å². The zero-order chi connectivity index (χ0) is 22.6. The van der Waals surface area contributed by atoms with Crippen molar-refractivity contribution in [3.63, 3.8) is 0 Å². The molecule has 168 valence electrons. The van der Waals surface area contributed by atoms with Crippen molar-refractivity contribution in [1.82, 2.24) is 9.62 Å². The fourth-order valence-corrected chi connectivity index (χ4v) is 5.29. The van der Waals surface area contributed by atoms with Crippen LogP contribution in [0.4, 0.5) is 4.39 Å². The summed E-state index contributed by atoms with van der Waals surface area (Å²) in [6.07, 6.45) is 2.58. The molecule has 2 heterocycles. The normalized spacial score (nSPS) is 16.7. The number of amides is 1. The molecule has 1 saturated heterocycles. The van der Waals surface area contributed by atoms with Gasteiger partial charge in [0, 0.05) is 13.1 Å². The van der Waals surface area contributed by atoms with E-state index >= 15 is 0 Å². The van der Waals surface area contributed by atoms with E-state index in [-0.39, 0.29) is 23.9 Å². The molecule has 1 aromatic heterocycles. The van der Waals surface area contributed by atoms with Gasteiger partial charge >= 0.3 is 0 Å². The fraction of sp³-hybridized carbons (Fsp3) is 0.261. The van der Waals surface area contributed by atoms with E-state index < -0.39 is 21.9 Å². The minimum Gasteiger partial charge on any atom is -0.486 e. The van der Waals surface area contributed by atoms with Crippen molar-refractivity contribution >= 4 is 15.9 Å². The molecule has 32 heavy (non-hydrogen) atoms. The number of hydrogen-bond acceptors (Lipinski definition) is 5. The summed E-state index contributed by atoms with van der Waals surface area (Å²) < 4.78 is 51.2. The smallest absolute Gasteiger partial charge is 0.243 e. The summed E-state index contributed by atoms with van der Waals surface area (Å²) >= 11 is 0. The SMILES string of the molecule is O=C(NCc1cccc(OCc2ccco2)c1)[C@@H]1CCCN1S(=O)(=O)c1ccc(F)cc1. The van der Waals surface area contributed by atoms with E-state index in [2.05, 4.69) is 5.32 Å². The molecule has 7 nitrogen and oxygen atoms in total. The van der Waals surface area contributed by atoms with Crippen LogP contribution in [0.1, 0.15) is 24.2 Å². The van der Waals surface area contributed by atoms with Gasteiger partial charge in [0.25, 0.3) is 0 Å². The number of sulfonamides is 1. The van der Waals surface area contributed by atoms with E-state index in [4.69, 9.17) is 9.15 Å². The number of furan rings is 1. The number of carbonyl (C=O) groups excluding carboxylic acids is 1. The molecule has 2 aromatic carbocycles. The first-order chi connectivity index (χ1) is 15.4. The number of nitrogens with zero attached hydrogens (tertiary/aromatic N) is 1. The van der Waals surface area contributed by atoms with Crippen LogP contribution in [0.15, 0.2) is 76.2 Å². The van der Waals surface area contributed by atoms with Gasteiger partial charge in [-0.3, -0.25) is 4.79 Å². The lowest BCUT2D eigenvalue weighted by molar-refractivity contribution is -0.124. The monoisotopic (exact) mass is 458 g/mol. The van der Waals surface area contributed by atoms with Gasteiger partial charge in [-0.25, -0.2) is 12.8 Å². The maximum absolute atomic E-state index is 13.2. The van der Waals surface area contributed by atoms with E-state index in [1.807, 2.05) is 30.3 Å². The van der Waals surface area contributed by atoms with Gasteiger partial charge in [0.1, 0.15) is 30.0 Å². The van der Waals surface area contributed by atoms with E-state index in [0.29, 0.717) is 31.0 Å². The van der Waals surface area contributed by atoms with E-state index in [0.717, 1.165) is 17.7 Å². The van der Waals surface area contributed by atoms with Gasteiger partial charge in [-0.2, -0.15) is 4.31 Å². The summed E-state index contributed by atoms with van der Waals surface area (Å²) in [4.78, 5) is 12.8. The molecule has 1 aliphatic rings. The molecule has 1 aliphatic heterocycles. The molecule has 1 atom stereocenters. The lowest BCUT2D eigenvalue weighted by Crippen LogP contribution is -2.45. The Hall–Kier alpha value is -3.17. The van der Waals surface area contributed by atoms with Crippen LogP contribution in [0.5, 0.6) is 5.75 Å². The molecular formula is C23H23FN2O5S. The number of benzene rings is 2. The predicted molar refractivity (Wildman–Crippen MR) is 115 cm³/mol. The quantitative estimate of drug-likeness (QED) is 0.558. The van der Waals surface area contributed by atoms with Crippen LogP contribution in [0, 0.1) is 5.82 Å². The number of halogens is 1. The summed E-state index contributed by atoms with van der Waals surface area (Å²) in [5, 5.41) is 2.82. The Morgan fingerprint density at radius 2 is 1.97 bits per heavy atom. The Morgan fingerprint density at radius 3 is 2.72 bits per heavy atom. The zero-order valence-electron chi connectivity index (χ0n) is 17.2.